The van der Waals surface area contributed by atoms with Gasteiger partial charge in [0.2, 0.25) is 0 Å². The van der Waals surface area contributed by atoms with Crippen LogP contribution in [-0.4, -0.2) is 22.3 Å². The van der Waals surface area contributed by atoms with Crippen molar-refractivity contribution in [3.8, 4) is 0 Å². The summed E-state index contributed by atoms with van der Waals surface area (Å²) in [5.41, 5.74) is 0.767. The second-order valence-corrected chi connectivity index (χ2v) is 5.19. The normalized spacial score (nSPS) is 20.7. The third-order valence-corrected chi connectivity index (χ3v) is 3.75. The number of ketones is 1. The molecule has 1 aromatic heterocycles. The van der Waals surface area contributed by atoms with Crippen LogP contribution < -0.4 is 0 Å². The fourth-order valence-electron chi connectivity index (χ4n) is 1.77. The predicted octanol–water partition coefficient (Wildman–Crippen LogP) is 2.10. The molecule has 1 unspecified atom stereocenters. The van der Waals surface area contributed by atoms with E-state index >= 15 is 0 Å². The number of aromatic nitrogens is 1. The number of carbonyl (C=O) groups excluding carboxylic acids is 1. The van der Waals surface area contributed by atoms with Gasteiger partial charge < -0.3 is 4.42 Å². The van der Waals surface area contributed by atoms with E-state index in [1.54, 1.807) is 13.2 Å². The van der Waals surface area contributed by atoms with Gasteiger partial charge in [0.05, 0.1) is 12.1 Å². The molecule has 3 nitrogen and oxygen atoms in total. The first-order valence-electron chi connectivity index (χ1n) is 5.24. The lowest BCUT2D eigenvalue weighted by Crippen LogP contribution is -2.03. The van der Waals surface area contributed by atoms with E-state index in [0.29, 0.717) is 12.3 Å². The summed E-state index contributed by atoms with van der Waals surface area (Å²) in [4.78, 5) is 15.2. The summed E-state index contributed by atoms with van der Waals surface area (Å²) in [6, 6.07) is 0. The molecule has 0 radical (unpaired) electrons. The molecule has 0 amide bonds. The first-order valence-corrected chi connectivity index (χ1v) is 6.40. The van der Waals surface area contributed by atoms with Gasteiger partial charge in [0.1, 0.15) is 12.0 Å². The van der Waals surface area contributed by atoms with Crippen molar-refractivity contribution in [1.82, 2.24) is 4.98 Å². The molecule has 1 fully saturated rings. The van der Waals surface area contributed by atoms with Crippen LogP contribution in [0.5, 0.6) is 0 Å². The Hall–Kier alpha value is -0.770. The van der Waals surface area contributed by atoms with E-state index in [-0.39, 0.29) is 5.78 Å². The maximum absolute atomic E-state index is 10.9. The summed E-state index contributed by atoms with van der Waals surface area (Å²) in [5, 5.41) is 0. The van der Waals surface area contributed by atoms with Gasteiger partial charge in [0, 0.05) is 6.42 Å². The average Bonchev–Trinajstić information content (AvgIpc) is 2.77. The van der Waals surface area contributed by atoms with Crippen molar-refractivity contribution in [2.75, 3.05) is 11.5 Å². The van der Waals surface area contributed by atoms with E-state index in [2.05, 4.69) is 4.98 Å². The van der Waals surface area contributed by atoms with Crippen LogP contribution in [-0.2, 0) is 17.6 Å². The van der Waals surface area contributed by atoms with Crippen LogP contribution in [0.25, 0.3) is 0 Å². The number of nitrogens with zero attached hydrogens (tertiary/aromatic N) is 1. The first-order chi connectivity index (χ1) is 7.24. The zero-order valence-electron chi connectivity index (χ0n) is 8.86. The molecule has 1 aromatic rings. The van der Waals surface area contributed by atoms with Gasteiger partial charge in [0.15, 0.2) is 5.89 Å². The van der Waals surface area contributed by atoms with Crippen molar-refractivity contribution in [2.24, 2.45) is 5.92 Å². The van der Waals surface area contributed by atoms with Crippen LogP contribution in [0.2, 0.25) is 0 Å². The molecular formula is C11H15NO2S. The summed E-state index contributed by atoms with van der Waals surface area (Å²) in [7, 11) is 0. The Labute approximate surface area is 93.6 Å². The highest BCUT2D eigenvalue weighted by Crippen LogP contribution is 2.26. The van der Waals surface area contributed by atoms with Gasteiger partial charge in [-0.25, -0.2) is 4.98 Å². The molecule has 1 aliphatic heterocycles. The van der Waals surface area contributed by atoms with E-state index in [4.69, 9.17) is 4.42 Å². The largest absolute Gasteiger partial charge is 0.449 e. The standard InChI is InChI=1S/C11H15NO2S/c1-8(13)4-10-6-14-11(12-10)5-9-2-3-15-7-9/h6,9H,2-5,7H2,1H3. The Morgan fingerprint density at radius 3 is 3.27 bits per heavy atom. The Morgan fingerprint density at radius 2 is 2.60 bits per heavy atom. The molecule has 82 valence electrons. The summed E-state index contributed by atoms with van der Waals surface area (Å²) >= 11 is 2.00. The van der Waals surface area contributed by atoms with Crippen LogP contribution in [0.1, 0.15) is 24.9 Å². The fourth-order valence-corrected chi connectivity index (χ4v) is 3.05. The fraction of sp³-hybridized carbons (Fsp3) is 0.636. The Balaban J connectivity index is 1.91. The zero-order valence-corrected chi connectivity index (χ0v) is 9.68. The van der Waals surface area contributed by atoms with Gasteiger partial charge in [0.25, 0.3) is 0 Å². The van der Waals surface area contributed by atoms with E-state index < -0.39 is 0 Å². The van der Waals surface area contributed by atoms with Crippen molar-refractivity contribution in [3.05, 3.63) is 17.8 Å². The molecule has 1 aliphatic rings. The number of thioether (sulfide) groups is 1. The number of rotatable bonds is 4. The molecule has 15 heavy (non-hydrogen) atoms. The molecule has 4 heteroatoms. The predicted molar refractivity (Wildman–Crippen MR) is 60.0 cm³/mol. The minimum Gasteiger partial charge on any atom is -0.449 e. The summed E-state index contributed by atoms with van der Waals surface area (Å²) in [5.74, 6) is 4.10. The lowest BCUT2D eigenvalue weighted by Gasteiger charge is -2.02. The molecule has 1 atom stereocenters. The number of oxazole rings is 1. The number of hydrogen-bond donors (Lipinski definition) is 0. The highest BCUT2D eigenvalue weighted by atomic mass is 32.2. The summed E-state index contributed by atoms with van der Waals surface area (Å²) in [6.45, 7) is 1.57. The van der Waals surface area contributed by atoms with Gasteiger partial charge in [-0.2, -0.15) is 11.8 Å². The highest BCUT2D eigenvalue weighted by molar-refractivity contribution is 7.99. The third-order valence-electron chi connectivity index (χ3n) is 2.52. The third kappa shape index (κ3) is 3.09. The maximum atomic E-state index is 10.9. The second-order valence-electron chi connectivity index (χ2n) is 4.05. The number of hydrogen-bond acceptors (Lipinski definition) is 4. The van der Waals surface area contributed by atoms with Crippen molar-refractivity contribution in [1.29, 1.82) is 0 Å². The highest BCUT2D eigenvalue weighted by Gasteiger charge is 2.18. The maximum Gasteiger partial charge on any atom is 0.194 e. The van der Waals surface area contributed by atoms with Gasteiger partial charge in [-0.3, -0.25) is 4.79 Å². The topological polar surface area (TPSA) is 43.1 Å². The monoisotopic (exact) mass is 225 g/mol. The molecule has 0 bridgehead atoms. The number of Topliss-reactive ketones (excluding diaryl/α,β-unsaturated/α-hetero) is 1. The van der Waals surface area contributed by atoms with Gasteiger partial charge in [-0.1, -0.05) is 0 Å². The molecule has 0 N–H and O–H groups in total. The van der Waals surface area contributed by atoms with E-state index in [1.165, 1.54) is 17.9 Å². The molecule has 0 aromatic carbocycles. The van der Waals surface area contributed by atoms with E-state index in [0.717, 1.165) is 18.0 Å². The van der Waals surface area contributed by atoms with Crippen LogP contribution in [0.4, 0.5) is 0 Å². The molecular weight excluding hydrogens is 210 g/mol. The van der Waals surface area contributed by atoms with Crippen molar-refractivity contribution < 1.29 is 9.21 Å². The second kappa shape index (κ2) is 4.84. The Bertz CT molecular complexity index is 342. The van der Waals surface area contributed by atoms with E-state index in [9.17, 15) is 4.79 Å². The first kappa shape index (κ1) is 10.7. The Morgan fingerprint density at radius 1 is 1.73 bits per heavy atom. The van der Waals surface area contributed by atoms with E-state index in [1.807, 2.05) is 11.8 Å². The van der Waals surface area contributed by atoms with Crippen molar-refractivity contribution >= 4 is 17.5 Å². The van der Waals surface area contributed by atoms with Gasteiger partial charge in [-0.15, -0.1) is 0 Å². The van der Waals surface area contributed by atoms with Gasteiger partial charge >= 0.3 is 0 Å². The smallest absolute Gasteiger partial charge is 0.194 e. The molecule has 2 heterocycles. The van der Waals surface area contributed by atoms with Crippen molar-refractivity contribution in [3.63, 3.8) is 0 Å². The average molecular weight is 225 g/mol. The quantitative estimate of drug-likeness (QED) is 0.787. The molecule has 2 rings (SSSR count). The van der Waals surface area contributed by atoms with Gasteiger partial charge in [-0.05, 0) is 30.8 Å². The molecule has 0 saturated carbocycles. The molecule has 1 saturated heterocycles. The molecule has 0 aliphatic carbocycles. The van der Waals surface area contributed by atoms with Crippen LogP contribution in [0.3, 0.4) is 0 Å². The number of carbonyl (C=O) groups is 1. The van der Waals surface area contributed by atoms with Crippen LogP contribution in [0, 0.1) is 5.92 Å². The minimum absolute atomic E-state index is 0.131. The minimum atomic E-state index is 0.131. The summed E-state index contributed by atoms with van der Waals surface area (Å²) < 4.78 is 5.35. The van der Waals surface area contributed by atoms with Crippen LogP contribution in [0.15, 0.2) is 10.7 Å². The SMILES string of the molecule is CC(=O)Cc1coc(CC2CCSC2)n1. The van der Waals surface area contributed by atoms with Crippen molar-refractivity contribution in [2.45, 2.75) is 26.2 Å². The van der Waals surface area contributed by atoms with Crippen LogP contribution >= 0.6 is 11.8 Å². The lowest BCUT2D eigenvalue weighted by atomic mass is 10.1. The lowest BCUT2D eigenvalue weighted by molar-refractivity contribution is -0.116. The molecule has 0 spiro atoms. The Kier molecular flexibility index (Phi) is 3.46. The summed E-state index contributed by atoms with van der Waals surface area (Å²) in [6.07, 6.45) is 4.18. The zero-order chi connectivity index (χ0) is 10.7.